The van der Waals surface area contributed by atoms with Crippen molar-refractivity contribution in [3.8, 4) is 17.0 Å². The number of nitrogens with zero attached hydrogens (tertiary/aromatic N) is 3. The molecule has 30 heavy (non-hydrogen) atoms. The van der Waals surface area contributed by atoms with Crippen molar-refractivity contribution in [3.63, 3.8) is 0 Å². The van der Waals surface area contributed by atoms with Gasteiger partial charge in [0.05, 0.1) is 25.0 Å². The van der Waals surface area contributed by atoms with Gasteiger partial charge in [-0.15, -0.1) is 0 Å². The first-order valence-corrected chi connectivity index (χ1v) is 9.91. The molecule has 0 bridgehead atoms. The van der Waals surface area contributed by atoms with Crippen molar-refractivity contribution < 1.29 is 9.53 Å². The molecule has 0 fully saturated rings. The second-order valence-corrected chi connectivity index (χ2v) is 7.46. The Bertz CT molecular complexity index is 1150. The van der Waals surface area contributed by atoms with Crippen LogP contribution in [0.25, 0.3) is 16.9 Å². The molecule has 0 aliphatic heterocycles. The maximum absolute atomic E-state index is 13.1. The van der Waals surface area contributed by atoms with Gasteiger partial charge in [-0.25, -0.2) is 9.50 Å². The van der Waals surface area contributed by atoms with Crippen LogP contribution in [0.2, 0.25) is 0 Å². The highest BCUT2D eigenvalue weighted by Crippen LogP contribution is 2.25. The molecule has 0 aliphatic rings. The molecular weight excluding hydrogens is 376 g/mol. The quantitative estimate of drug-likeness (QED) is 0.516. The van der Waals surface area contributed by atoms with Crippen LogP contribution in [-0.2, 0) is 0 Å². The molecular formula is C24H24N4O2. The highest BCUT2D eigenvalue weighted by molar-refractivity contribution is 6.00. The molecule has 2 aromatic carbocycles. The normalized spacial score (nSPS) is 12.1. The SMILES string of the molecule is COc1ccc(C(NC(=O)c2cnn3c(-c4ccccc4)ccnc23)C(C)C)cc1. The van der Waals surface area contributed by atoms with Gasteiger partial charge >= 0.3 is 0 Å². The van der Waals surface area contributed by atoms with Gasteiger partial charge in [-0.05, 0) is 29.7 Å². The third kappa shape index (κ3) is 3.76. The summed E-state index contributed by atoms with van der Waals surface area (Å²) in [6, 6.07) is 19.4. The van der Waals surface area contributed by atoms with Gasteiger partial charge in [0.15, 0.2) is 5.65 Å². The Hall–Kier alpha value is -3.67. The van der Waals surface area contributed by atoms with E-state index < -0.39 is 0 Å². The molecule has 152 valence electrons. The van der Waals surface area contributed by atoms with Crippen LogP contribution in [0.1, 0.15) is 35.8 Å². The van der Waals surface area contributed by atoms with Gasteiger partial charge in [0.1, 0.15) is 11.3 Å². The Balaban J connectivity index is 1.65. The standard InChI is InChI=1S/C24H24N4O2/c1-16(2)22(18-9-11-19(30-3)12-10-18)27-24(29)20-15-26-28-21(13-14-25-23(20)28)17-7-5-4-6-8-17/h4-16,22H,1-3H3,(H,27,29). The van der Waals surface area contributed by atoms with Gasteiger partial charge in [-0.3, -0.25) is 4.79 Å². The summed E-state index contributed by atoms with van der Waals surface area (Å²) in [6.07, 6.45) is 3.29. The smallest absolute Gasteiger partial charge is 0.257 e. The largest absolute Gasteiger partial charge is 0.497 e. The Morgan fingerprint density at radius 3 is 2.43 bits per heavy atom. The lowest BCUT2D eigenvalue weighted by atomic mass is 9.95. The number of carbonyl (C=O) groups is 1. The zero-order chi connectivity index (χ0) is 21.1. The number of carbonyl (C=O) groups excluding carboxylic acids is 1. The van der Waals surface area contributed by atoms with E-state index in [9.17, 15) is 4.79 Å². The number of benzene rings is 2. The van der Waals surface area contributed by atoms with Crippen LogP contribution in [-0.4, -0.2) is 27.6 Å². The number of fused-ring (bicyclic) bond motifs is 1. The van der Waals surface area contributed by atoms with E-state index in [0.717, 1.165) is 22.6 Å². The van der Waals surface area contributed by atoms with E-state index in [0.29, 0.717) is 11.2 Å². The summed E-state index contributed by atoms with van der Waals surface area (Å²) in [5.74, 6) is 0.794. The molecule has 1 unspecified atom stereocenters. The summed E-state index contributed by atoms with van der Waals surface area (Å²) in [5.41, 5.74) is 3.90. The molecule has 1 N–H and O–H groups in total. The van der Waals surface area contributed by atoms with Crippen LogP contribution in [0.3, 0.4) is 0 Å². The summed E-state index contributed by atoms with van der Waals surface area (Å²) < 4.78 is 6.95. The summed E-state index contributed by atoms with van der Waals surface area (Å²) in [7, 11) is 1.64. The Kier molecular flexibility index (Phi) is 5.48. The summed E-state index contributed by atoms with van der Waals surface area (Å²) in [6.45, 7) is 4.16. The topological polar surface area (TPSA) is 68.5 Å². The predicted octanol–water partition coefficient (Wildman–Crippen LogP) is 4.53. The molecule has 6 heteroatoms. The third-order valence-corrected chi connectivity index (χ3v) is 5.14. The van der Waals surface area contributed by atoms with E-state index in [-0.39, 0.29) is 17.9 Å². The van der Waals surface area contributed by atoms with Gasteiger partial charge in [0, 0.05) is 11.8 Å². The molecule has 2 aromatic heterocycles. The van der Waals surface area contributed by atoms with Crippen LogP contribution >= 0.6 is 0 Å². The fourth-order valence-electron chi connectivity index (χ4n) is 3.54. The van der Waals surface area contributed by atoms with Crippen molar-refractivity contribution in [1.82, 2.24) is 19.9 Å². The fraction of sp³-hybridized carbons (Fsp3) is 0.208. The molecule has 0 spiro atoms. The highest BCUT2D eigenvalue weighted by Gasteiger charge is 2.22. The fourth-order valence-corrected chi connectivity index (χ4v) is 3.54. The highest BCUT2D eigenvalue weighted by atomic mass is 16.5. The lowest BCUT2D eigenvalue weighted by Crippen LogP contribution is -2.31. The molecule has 1 amide bonds. The Morgan fingerprint density at radius 1 is 1.03 bits per heavy atom. The monoisotopic (exact) mass is 400 g/mol. The minimum absolute atomic E-state index is 0.143. The average Bonchev–Trinajstić information content (AvgIpc) is 3.22. The average molecular weight is 400 g/mol. The van der Waals surface area contributed by atoms with E-state index in [1.54, 1.807) is 24.0 Å². The zero-order valence-electron chi connectivity index (χ0n) is 17.2. The van der Waals surface area contributed by atoms with Crippen LogP contribution in [0.5, 0.6) is 5.75 Å². The van der Waals surface area contributed by atoms with E-state index in [2.05, 4.69) is 29.2 Å². The number of nitrogens with one attached hydrogen (secondary N) is 1. The first-order valence-electron chi connectivity index (χ1n) is 9.91. The van der Waals surface area contributed by atoms with Crippen LogP contribution in [0, 0.1) is 5.92 Å². The number of hydrogen-bond acceptors (Lipinski definition) is 4. The van der Waals surface area contributed by atoms with E-state index in [1.165, 1.54) is 0 Å². The first-order chi connectivity index (χ1) is 14.6. The lowest BCUT2D eigenvalue weighted by molar-refractivity contribution is 0.0927. The minimum Gasteiger partial charge on any atom is -0.497 e. The third-order valence-electron chi connectivity index (χ3n) is 5.14. The molecule has 1 atom stereocenters. The van der Waals surface area contributed by atoms with Crippen molar-refractivity contribution in [1.29, 1.82) is 0 Å². The molecule has 6 nitrogen and oxygen atoms in total. The van der Waals surface area contributed by atoms with Gasteiger partial charge in [-0.2, -0.15) is 5.10 Å². The number of aromatic nitrogens is 3. The lowest BCUT2D eigenvalue weighted by Gasteiger charge is -2.23. The molecule has 2 heterocycles. The predicted molar refractivity (Wildman–Crippen MR) is 116 cm³/mol. The van der Waals surface area contributed by atoms with Gasteiger partial charge in [0.25, 0.3) is 5.91 Å². The number of hydrogen-bond donors (Lipinski definition) is 1. The summed E-state index contributed by atoms with van der Waals surface area (Å²) in [5, 5.41) is 7.59. The maximum atomic E-state index is 13.1. The van der Waals surface area contributed by atoms with E-state index in [1.807, 2.05) is 60.7 Å². The molecule has 0 radical (unpaired) electrons. The number of methoxy groups -OCH3 is 1. The second kappa shape index (κ2) is 8.37. The summed E-state index contributed by atoms with van der Waals surface area (Å²) >= 11 is 0. The first kappa shape index (κ1) is 19.6. The summed E-state index contributed by atoms with van der Waals surface area (Å²) in [4.78, 5) is 17.6. The van der Waals surface area contributed by atoms with Crippen molar-refractivity contribution in [2.45, 2.75) is 19.9 Å². The molecule has 0 saturated heterocycles. The molecule has 0 saturated carbocycles. The Labute approximate surface area is 175 Å². The van der Waals surface area contributed by atoms with E-state index >= 15 is 0 Å². The van der Waals surface area contributed by atoms with Gasteiger partial charge in [-0.1, -0.05) is 56.3 Å². The van der Waals surface area contributed by atoms with Crippen molar-refractivity contribution >= 4 is 11.6 Å². The van der Waals surface area contributed by atoms with Crippen LogP contribution < -0.4 is 10.1 Å². The van der Waals surface area contributed by atoms with Crippen molar-refractivity contribution in [2.75, 3.05) is 7.11 Å². The maximum Gasteiger partial charge on any atom is 0.257 e. The minimum atomic E-state index is -0.197. The van der Waals surface area contributed by atoms with Crippen molar-refractivity contribution in [3.05, 3.63) is 84.2 Å². The number of ether oxygens (including phenoxy) is 1. The zero-order valence-corrected chi connectivity index (χ0v) is 17.2. The number of amides is 1. The number of rotatable bonds is 6. The Morgan fingerprint density at radius 2 is 1.77 bits per heavy atom. The van der Waals surface area contributed by atoms with Crippen LogP contribution in [0.15, 0.2) is 73.1 Å². The second-order valence-electron chi connectivity index (χ2n) is 7.46. The van der Waals surface area contributed by atoms with Crippen molar-refractivity contribution in [2.24, 2.45) is 5.92 Å². The van der Waals surface area contributed by atoms with Gasteiger partial charge < -0.3 is 10.1 Å². The molecule has 0 aliphatic carbocycles. The van der Waals surface area contributed by atoms with E-state index in [4.69, 9.17) is 4.74 Å². The molecule has 4 rings (SSSR count). The van der Waals surface area contributed by atoms with Gasteiger partial charge in [0.2, 0.25) is 0 Å². The molecule has 4 aromatic rings. The van der Waals surface area contributed by atoms with Crippen LogP contribution in [0.4, 0.5) is 0 Å².